The van der Waals surface area contributed by atoms with Crippen molar-refractivity contribution in [1.82, 2.24) is 10.2 Å². The Morgan fingerprint density at radius 3 is 2.29 bits per heavy atom. The molecule has 2 fully saturated rings. The molecule has 35 heavy (non-hydrogen) atoms. The second-order valence-corrected chi connectivity index (χ2v) is 9.95. The third kappa shape index (κ3) is 4.90. The third-order valence-electron chi connectivity index (χ3n) is 7.85. The van der Waals surface area contributed by atoms with Crippen molar-refractivity contribution < 1.29 is 24.2 Å². The summed E-state index contributed by atoms with van der Waals surface area (Å²) in [6, 6.07) is 16.2. The van der Waals surface area contributed by atoms with E-state index in [1.807, 2.05) is 24.3 Å². The number of aliphatic carboxylic acids is 1. The molecule has 2 aromatic carbocycles. The lowest BCUT2D eigenvalue weighted by Crippen LogP contribution is -2.42. The van der Waals surface area contributed by atoms with Crippen LogP contribution in [0.4, 0.5) is 4.79 Å². The van der Waals surface area contributed by atoms with Crippen molar-refractivity contribution in [1.29, 1.82) is 0 Å². The lowest BCUT2D eigenvalue weighted by Gasteiger charge is -2.27. The van der Waals surface area contributed by atoms with Gasteiger partial charge in [-0.2, -0.15) is 0 Å². The number of nitrogens with zero attached hydrogens (tertiary/aromatic N) is 1. The SMILES string of the molecule is O=C(O)CC1CCCN1C(=O)CC1CCCC1NC(=O)OCC1c2ccccc2-c2ccccc21. The van der Waals surface area contributed by atoms with Crippen LogP contribution in [0.5, 0.6) is 0 Å². The van der Waals surface area contributed by atoms with Gasteiger partial charge in [0.1, 0.15) is 6.61 Å². The van der Waals surface area contributed by atoms with Gasteiger partial charge in [0.25, 0.3) is 0 Å². The summed E-state index contributed by atoms with van der Waals surface area (Å²) in [4.78, 5) is 38.6. The fraction of sp³-hybridized carbons (Fsp3) is 0.464. The van der Waals surface area contributed by atoms with E-state index >= 15 is 0 Å². The fourth-order valence-electron chi connectivity index (χ4n) is 6.18. The minimum absolute atomic E-state index is 0.0000120. The van der Waals surface area contributed by atoms with Gasteiger partial charge in [-0.15, -0.1) is 0 Å². The van der Waals surface area contributed by atoms with Gasteiger partial charge in [0.05, 0.1) is 6.42 Å². The predicted octanol–water partition coefficient (Wildman–Crippen LogP) is 4.55. The molecule has 184 valence electrons. The number of nitrogens with one attached hydrogen (secondary N) is 1. The van der Waals surface area contributed by atoms with E-state index < -0.39 is 12.1 Å². The van der Waals surface area contributed by atoms with Crippen molar-refractivity contribution in [3.63, 3.8) is 0 Å². The Bertz CT molecular complexity index is 1070. The summed E-state index contributed by atoms with van der Waals surface area (Å²) in [6.45, 7) is 0.884. The number of rotatable bonds is 7. The Morgan fingerprint density at radius 2 is 1.60 bits per heavy atom. The number of amides is 2. The van der Waals surface area contributed by atoms with Gasteiger partial charge in [-0.05, 0) is 53.9 Å². The quantitative estimate of drug-likeness (QED) is 0.611. The summed E-state index contributed by atoms with van der Waals surface area (Å²) < 4.78 is 5.70. The van der Waals surface area contributed by atoms with Crippen LogP contribution < -0.4 is 5.32 Å². The number of benzene rings is 2. The van der Waals surface area contributed by atoms with E-state index in [1.165, 1.54) is 22.3 Å². The first-order valence-corrected chi connectivity index (χ1v) is 12.6. The molecule has 2 N–H and O–H groups in total. The molecule has 2 aliphatic carbocycles. The molecule has 0 bridgehead atoms. The highest BCUT2D eigenvalue weighted by molar-refractivity contribution is 5.80. The van der Waals surface area contributed by atoms with Crippen LogP contribution in [0.2, 0.25) is 0 Å². The van der Waals surface area contributed by atoms with E-state index in [0.29, 0.717) is 13.0 Å². The zero-order valence-corrected chi connectivity index (χ0v) is 19.8. The molecule has 1 saturated heterocycles. The second-order valence-electron chi connectivity index (χ2n) is 9.95. The van der Waals surface area contributed by atoms with Crippen LogP contribution in [0.15, 0.2) is 48.5 Å². The van der Waals surface area contributed by atoms with Crippen LogP contribution in [-0.4, -0.2) is 53.2 Å². The number of carbonyl (C=O) groups is 3. The molecular weight excluding hydrogens is 444 g/mol. The van der Waals surface area contributed by atoms with Crippen molar-refractivity contribution in [3.05, 3.63) is 59.7 Å². The highest BCUT2D eigenvalue weighted by atomic mass is 16.5. The zero-order valence-electron chi connectivity index (χ0n) is 19.8. The van der Waals surface area contributed by atoms with Crippen LogP contribution in [0.1, 0.15) is 62.0 Å². The molecule has 7 heteroatoms. The average molecular weight is 477 g/mol. The van der Waals surface area contributed by atoms with E-state index in [0.717, 1.165) is 32.1 Å². The molecule has 3 aliphatic rings. The highest BCUT2D eigenvalue weighted by Gasteiger charge is 2.36. The maximum absolute atomic E-state index is 12.9. The van der Waals surface area contributed by atoms with Crippen LogP contribution in [-0.2, 0) is 14.3 Å². The monoisotopic (exact) mass is 476 g/mol. The number of ether oxygens (including phenoxy) is 1. The maximum atomic E-state index is 12.9. The Balaban J connectivity index is 1.17. The van der Waals surface area contributed by atoms with Gasteiger partial charge in [-0.3, -0.25) is 9.59 Å². The van der Waals surface area contributed by atoms with Gasteiger partial charge in [-0.25, -0.2) is 4.79 Å². The normalized spacial score (nSPS) is 23.1. The van der Waals surface area contributed by atoms with E-state index in [1.54, 1.807) is 4.90 Å². The van der Waals surface area contributed by atoms with Gasteiger partial charge in [0.2, 0.25) is 5.91 Å². The summed E-state index contributed by atoms with van der Waals surface area (Å²) in [6.07, 6.45) is 4.12. The van der Waals surface area contributed by atoms with Gasteiger partial charge in [0.15, 0.2) is 0 Å². The molecule has 3 atom stereocenters. The van der Waals surface area contributed by atoms with Crippen molar-refractivity contribution in [2.75, 3.05) is 13.2 Å². The summed E-state index contributed by atoms with van der Waals surface area (Å²) in [5, 5.41) is 12.2. The Hall–Kier alpha value is -3.35. The number of carboxylic acids is 1. The number of carbonyl (C=O) groups excluding carboxylic acids is 2. The standard InChI is InChI=1S/C28H32N2O5/c31-26(30-14-6-8-19(30)16-27(32)33)15-18-7-5-13-25(18)29-28(34)35-17-24-22-11-3-1-9-20(22)21-10-2-4-12-23(21)24/h1-4,9-12,18-19,24-25H,5-8,13-17H2,(H,29,34)(H,32,33). The van der Waals surface area contributed by atoms with Crippen molar-refractivity contribution in [2.24, 2.45) is 5.92 Å². The minimum atomic E-state index is -0.870. The largest absolute Gasteiger partial charge is 0.481 e. The van der Waals surface area contributed by atoms with Crippen LogP contribution in [0, 0.1) is 5.92 Å². The van der Waals surface area contributed by atoms with Gasteiger partial charge >= 0.3 is 12.1 Å². The minimum Gasteiger partial charge on any atom is -0.481 e. The molecule has 3 unspecified atom stereocenters. The first-order chi connectivity index (χ1) is 17.0. The Morgan fingerprint density at radius 1 is 0.914 bits per heavy atom. The number of carboxylic acid groups (broad SMARTS) is 1. The molecule has 1 aliphatic heterocycles. The molecule has 7 nitrogen and oxygen atoms in total. The average Bonchev–Trinajstić information content (AvgIpc) is 3.56. The van der Waals surface area contributed by atoms with E-state index in [9.17, 15) is 14.4 Å². The number of hydrogen-bond donors (Lipinski definition) is 2. The Kier molecular flexibility index (Phi) is 6.75. The summed E-state index contributed by atoms with van der Waals surface area (Å²) >= 11 is 0. The summed E-state index contributed by atoms with van der Waals surface area (Å²) in [5.74, 6) is -0.810. The molecule has 5 rings (SSSR count). The topological polar surface area (TPSA) is 95.9 Å². The van der Waals surface area contributed by atoms with Crippen molar-refractivity contribution in [3.8, 4) is 11.1 Å². The Labute approximate surface area is 205 Å². The smallest absolute Gasteiger partial charge is 0.407 e. The van der Waals surface area contributed by atoms with Crippen LogP contribution in [0.25, 0.3) is 11.1 Å². The molecule has 0 radical (unpaired) electrons. The summed E-state index contributed by atoms with van der Waals surface area (Å²) in [7, 11) is 0. The molecule has 0 aromatic heterocycles. The molecule has 2 amide bonds. The lowest BCUT2D eigenvalue weighted by atomic mass is 9.98. The van der Waals surface area contributed by atoms with Crippen molar-refractivity contribution >= 4 is 18.0 Å². The van der Waals surface area contributed by atoms with Gasteiger partial charge in [-0.1, -0.05) is 55.0 Å². The van der Waals surface area contributed by atoms with Crippen LogP contribution >= 0.6 is 0 Å². The van der Waals surface area contributed by atoms with E-state index in [-0.39, 0.29) is 42.9 Å². The molecule has 0 spiro atoms. The van der Waals surface area contributed by atoms with E-state index in [2.05, 4.69) is 29.6 Å². The number of hydrogen-bond acceptors (Lipinski definition) is 4. The zero-order chi connectivity index (χ0) is 24.4. The number of alkyl carbamates (subject to hydrolysis) is 1. The third-order valence-corrected chi connectivity index (χ3v) is 7.85. The molecule has 1 saturated carbocycles. The summed E-state index contributed by atoms with van der Waals surface area (Å²) in [5.41, 5.74) is 4.73. The molecule has 1 heterocycles. The predicted molar refractivity (Wildman–Crippen MR) is 131 cm³/mol. The molecule has 2 aromatic rings. The lowest BCUT2D eigenvalue weighted by molar-refractivity contribution is -0.140. The van der Waals surface area contributed by atoms with Crippen molar-refractivity contribution in [2.45, 2.75) is 62.9 Å². The van der Waals surface area contributed by atoms with Gasteiger partial charge in [0, 0.05) is 31.0 Å². The highest BCUT2D eigenvalue weighted by Crippen LogP contribution is 2.44. The van der Waals surface area contributed by atoms with Crippen LogP contribution in [0.3, 0.4) is 0 Å². The second kappa shape index (κ2) is 10.1. The van der Waals surface area contributed by atoms with E-state index in [4.69, 9.17) is 9.84 Å². The fourth-order valence-corrected chi connectivity index (χ4v) is 6.18. The number of likely N-dealkylation sites (tertiary alicyclic amines) is 1. The number of fused-ring (bicyclic) bond motifs is 3. The first kappa shape index (κ1) is 23.4. The first-order valence-electron chi connectivity index (χ1n) is 12.6. The van der Waals surface area contributed by atoms with Gasteiger partial charge < -0.3 is 20.1 Å². The molecular formula is C28H32N2O5. The maximum Gasteiger partial charge on any atom is 0.407 e.